The number of anilines is 3. The molecule has 0 saturated carbocycles. The number of aromatic nitrogens is 3. The van der Waals surface area contributed by atoms with Gasteiger partial charge in [0, 0.05) is 11.2 Å². The molecule has 2 aromatic heterocycles. The second kappa shape index (κ2) is 5.09. The summed E-state index contributed by atoms with van der Waals surface area (Å²) in [5.74, 6) is 1.52. The van der Waals surface area contributed by atoms with Gasteiger partial charge in [0.1, 0.15) is 5.82 Å². The number of pyridine rings is 1. The van der Waals surface area contributed by atoms with E-state index in [1.807, 2.05) is 42.5 Å². The zero-order chi connectivity index (χ0) is 14.9. The summed E-state index contributed by atoms with van der Waals surface area (Å²) in [5.41, 5.74) is 2.57. The summed E-state index contributed by atoms with van der Waals surface area (Å²) in [6.07, 6.45) is 0. The van der Waals surface area contributed by atoms with Gasteiger partial charge >= 0.3 is 0 Å². The third-order valence-corrected chi connectivity index (χ3v) is 2.89. The van der Waals surface area contributed by atoms with Crippen LogP contribution in [0.4, 0.5) is 17.5 Å². The van der Waals surface area contributed by atoms with Crippen LogP contribution in [0, 0.1) is 0 Å². The molecular weight excluding hydrogens is 262 g/mol. The van der Waals surface area contributed by atoms with E-state index in [0.717, 1.165) is 17.0 Å². The summed E-state index contributed by atoms with van der Waals surface area (Å²) in [6, 6.07) is 13.9. The van der Waals surface area contributed by atoms with Crippen molar-refractivity contribution in [1.29, 1.82) is 0 Å². The Morgan fingerprint density at radius 1 is 0.952 bits per heavy atom. The van der Waals surface area contributed by atoms with E-state index in [-0.39, 0.29) is 5.54 Å². The molecule has 1 aromatic carbocycles. The monoisotopic (exact) mass is 281 g/mol. The maximum absolute atomic E-state index is 4.53. The first kappa shape index (κ1) is 13.4. The van der Waals surface area contributed by atoms with Crippen LogP contribution in [-0.2, 0) is 0 Å². The summed E-state index contributed by atoms with van der Waals surface area (Å²) < 4.78 is 0. The van der Waals surface area contributed by atoms with Gasteiger partial charge in [-0.2, -0.15) is 4.98 Å². The topological polar surface area (TPSA) is 65.6 Å². The molecule has 0 fully saturated rings. The van der Waals surface area contributed by atoms with E-state index < -0.39 is 0 Å². The fourth-order valence-electron chi connectivity index (χ4n) is 2.06. The Bertz CT molecular complexity index is 740. The number of H-pyrrole nitrogens is 1. The van der Waals surface area contributed by atoms with Crippen LogP contribution >= 0.6 is 0 Å². The molecule has 5 heteroatoms. The Kier molecular flexibility index (Phi) is 3.25. The average molecular weight is 281 g/mol. The predicted octanol–water partition coefficient (Wildman–Crippen LogP) is 3.91. The summed E-state index contributed by atoms with van der Waals surface area (Å²) in [7, 11) is 0. The van der Waals surface area contributed by atoms with Crippen LogP contribution in [0.15, 0.2) is 42.5 Å². The summed E-state index contributed by atoms with van der Waals surface area (Å²) in [6.45, 7) is 6.31. The number of rotatable bonds is 3. The van der Waals surface area contributed by atoms with Crippen LogP contribution in [0.2, 0.25) is 0 Å². The van der Waals surface area contributed by atoms with Crippen LogP contribution in [-0.4, -0.2) is 20.5 Å². The molecule has 0 aliphatic rings. The van der Waals surface area contributed by atoms with Gasteiger partial charge in [-0.1, -0.05) is 18.2 Å². The number of benzene rings is 1. The molecule has 3 rings (SSSR count). The van der Waals surface area contributed by atoms with Crippen LogP contribution in [0.5, 0.6) is 0 Å². The molecule has 0 radical (unpaired) electrons. The van der Waals surface area contributed by atoms with Crippen LogP contribution in [0.1, 0.15) is 20.8 Å². The molecular formula is C16H19N5. The number of para-hydroxylation sites is 1. The van der Waals surface area contributed by atoms with Crippen molar-refractivity contribution in [3.63, 3.8) is 0 Å². The van der Waals surface area contributed by atoms with Gasteiger partial charge in [0.25, 0.3) is 0 Å². The zero-order valence-corrected chi connectivity index (χ0v) is 12.4. The predicted molar refractivity (Wildman–Crippen MR) is 87.0 cm³/mol. The molecule has 0 spiro atoms. The normalized spacial score (nSPS) is 11.6. The number of fused-ring (bicyclic) bond motifs is 1. The lowest BCUT2D eigenvalue weighted by molar-refractivity contribution is 0.631. The minimum atomic E-state index is -0.0257. The Morgan fingerprint density at radius 3 is 2.43 bits per heavy atom. The molecule has 2 heterocycles. The summed E-state index contributed by atoms with van der Waals surface area (Å²) in [5, 5.41) is 6.58. The molecule has 108 valence electrons. The molecule has 21 heavy (non-hydrogen) atoms. The molecule has 0 bridgehead atoms. The second-order valence-electron chi connectivity index (χ2n) is 6.02. The largest absolute Gasteiger partial charge is 0.365 e. The first-order valence-electron chi connectivity index (χ1n) is 6.97. The smallest absolute Gasteiger partial charge is 0.207 e. The molecule has 0 amide bonds. The van der Waals surface area contributed by atoms with Gasteiger partial charge in [-0.15, -0.1) is 0 Å². The van der Waals surface area contributed by atoms with Crippen molar-refractivity contribution < 1.29 is 0 Å². The molecule has 0 saturated heterocycles. The van der Waals surface area contributed by atoms with E-state index in [4.69, 9.17) is 0 Å². The quantitative estimate of drug-likeness (QED) is 0.681. The lowest BCUT2D eigenvalue weighted by Crippen LogP contribution is -2.26. The molecule has 0 atom stereocenters. The number of nitrogens with one attached hydrogen (secondary N) is 3. The van der Waals surface area contributed by atoms with Gasteiger partial charge in [-0.25, -0.2) is 4.98 Å². The number of hydrogen-bond acceptors (Lipinski definition) is 4. The Morgan fingerprint density at radius 2 is 1.71 bits per heavy atom. The van der Waals surface area contributed by atoms with Crippen molar-refractivity contribution in [3.8, 4) is 0 Å². The van der Waals surface area contributed by atoms with E-state index in [2.05, 4.69) is 46.4 Å². The van der Waals surface area contributed by atoms with Gasteiger partial charge < -0.3 is 15.6 Å². The fourth-order valence-corrected chi connectivity index (χ4v) is 2.06. The van der Waals surface area contributed by atoms with Crippen molar-refractivity contribution >= 4 is 28.6 Å². The van der Waals surface area contributed by atoms with E-state index in [1.165, 1.54) is 0 Å². The third kappa shape index (κ3) is 3.31. The summed E-state index contributed by atoms with van der Waals surface area (Å²) >= 11 is 0. The standard InChI is InChI=1S/C16H19N5/c1-16(2,3)21-13-10-9-12-14(19-13)20-15(18-12)17-11-7-5-4-6-8-11/h4-10H,1-3H3,(H3,17,18,19,20,21). The van der Waals surface area contributed by atoms with Gasteiger partial charge in [-0.05, 0) is 45.0 Å². The van der Waals surface area contributed by atoms with Gasteiger partial charge in [0.05, 0.1) is 5.52 Å². The van der Waals surface area contributed by atoms with Crippen LogP contribution in [0.3, 0.4) is 0 Å². The maximum Gasteiger partial charge on any atom is 0.207 e. The molecule has 5 nitrogen and oxygen atoms in total. The highest BCUT2D eigenvalue weighted by Crippen LogP contribution is 2.20. The highest BCUT2D eigenvalue weighted by molar-refractivity contribution is 5.76. The lowest BCUT2D eigenvalue weighted by atomic mass is 10.1. The van der Waals surface area contributed by atoms with Crippen LogP contribution < -0.4 is 10.6 Å². The van der Waals surface area contributed by atoms with E-state index in [9.17, 15) is 0 Å². The first-order valence-corrected chi connectivity index (χ1v) is 6.97. The Balaban J connectivity index is 1.86. The highest BCUT2D eigenvalue weighted by atomic mass is 15.2. The van der Waals surface area contributed by atoms with E-state index >= 15 is 0 Å². The second-order valence-corrected chi connectivity index (χ2v) is 6.02. The van der Waals surface area contributed by atoms with Crippen molar-refractivity contribution in [3.05, 3.63) is 42.5 Å². The molecule has 3 N–H and O–H groups in total. The summed E-state index contributed by atoms with van der Waals surface area (Å²) in [4.78, 5) is 12.2. The highest BCUT2D eigenvalue weighted by Gasteiger charge is 2.11. The number of hydrogen-bond donors (Lipinski definition) is 3. The van der Waals surface area contributed by atoms with Crippen molar-refractivity contribution in [2.45, 2.75) is 26.3 Å². The number of aromatic amines is 1. The van der Waals surface area contributed by atoms with Gasteiger partial charge in [0.2, 0.25) is 5.95 Å². The average Bonchev–Trinajstić information content (AvgIpc) is 2.79. The molecule has 3 aromatic rings. The fraction of sp³-hybridized carbons (Fsp3) is 0.250. The van der Waals surface area contributed by atoms with E-state index in [1.54, 1.807) is 0 Å². The Labute approximate surface area is 123 Å². The molecule has 0 aliphatic carbocycles. The first-order chi connectivity index (χ1) is 9.99. The van der Waals surface area contributed by atoms with Crippen molar-refractivity contribution in [2.75, 3.05) is 10.6 Å². The minimum absolute atomic E-state index is 0.0257. The van der Waals surface area contributed by atoms with Crippen molar-refractivity contribution in [2.24, 2.45) is 0 Å². The molecule has 0 aliphatic heterocycles. The molecule has 0 unspecified atom stereocenters. The number of imidazole rings is 1. The third-order valence-electron chi connectivity index (χ3n) is 2.89. The Hall–Kier alpha value is -2.56. The lowest BCUT2D eigenvalue weighted by Gasteiger charge is -2.20. The van der Waals surface area contributed by atoms with Crippen molar-refractivity contribution in [1.82, 2.24) is 15.0 Å². The zero-order valence-electron chi connectivity index (χ0n) is 12.4. The van der Waals surface area contributed by atoms with E-state index in [0.29, 0.717) is 11.6 Å². The SMILES string of the molecule is CC(C)(C)Nc1ccc2[nH]c(Nc3ccccc3)nc2n1. The van der Waals surface area contributed by atoms with Gasteiger partial charge in [-0.3, -0.25) is 0 Å². The van der Waals surface area contributed by atoms with Crippen LogP contribution in [0.25, 0.3) is 11.2 Å². The minimum Gasteiger partial charge on any atom is -0.365 e. The number of nitrogens with zero attached hydrogens (tertiary/aromatic N) is 2. The maximum atomic E-state index is 4.53. The van der Waals surface area contributed by atoms with Gasteiger partial charge in [0.15, 0.2) is 5.65 Å².